The van der Waals surface area contributed by atoms with Crippen molar-refractivity contribution in [1.82, 2.24) is 25.4 Å². The van der Waals surface area contributed by atoms with Gasteiger partial charge in [0.15, 0.2) is 11.6 Å². The highest BCUT2D eigenvalue weighted by atomic mass is 35.5. The molecule has 0 saturated carbocycles. The van der Waals surface area contributed by atoms with Gasteiger partial charge in [-0.1, -0.05) is 35.6 Å². The molecule has 5 aromatic rings. The highest BCUT2D eigenvalue weighted by molar-refractivity contribution is 7.15. The van der Waals surface area contributed by atoms with Crippen molar-refractivity contribution < 1.29 is 19.1 Å². The number of halogens is 1. The summed E-state index contributed by atoms with van der Waals surface area (Å²) >= 11 is 7.88. The van der Waals surface area contributed by atoms with E-state index in [2.05, 4.69) is 46.5 Å². The van der Waals surface area contributed by atoms with Crippen molar-refractivity contribution in [3.8, 4) is 28.2 Å². The van der Waals surface area contributed by atoms with Crippen LogP contribution in [0, 0.1) is 32.6 Å². The molecule has 4 heterocycles. The van der Waals surface area contributed by atoms with Crippen molar-refractivity contribution in [3.63, 3.8) is 0 Å². The number of benzene rings is 2. The number of aliphatic hydroxyl groups excluding tert-OH is 1. The number of amides is 2. The van der Waals surface area contributed by atoms with Crippen LogP contribution in [0.4, 0.5) is 0 Å². The number of aliphatic imine (C=N–C) groups is 1. The second-order valence-corrected chi connectivity index (χ2v) is 13.8. The summed E-state index contributed by atoms with van der Waals surface area (Å²) < 4.78 is 7.83. The summed E-state index contributed by atoms with van der Waals surface area (Å²) in [5, 5.41) is 26.1. The molecule has 3 aromatic heterocycles. The molecule has 0 spiro atoms. The Morgan fingerprint density at radius 1 is 1.02 bits per heavy atom. The van der Waals surface area contributed by atoms with Gasteiger partial charge in [0, 0.05) is 45.2 Å². The summed E-state index contributed by atoms with van der Waals surface area (Å²) in [4.78, 5) is 32.3. The van der Waals surface area contributed by atoms with E-state index in [-0.39, 0.29) is 37.1 Å². The number of nitrogens with two attached hydrogens (primary N) is 1. The molecule has 0 aliphatic carbocycles. The normalized spacial score (nSPS) is 13.4. The molecule has 1 aliphatic rings. The molecule has 11 nitrogen and oxygen atoms in total. The van der Waals surface area contributed by atoms with Crippen molar-refractivity contribution in [1.29, 1.82) is 0 Å². The summed E-state index contributed by atoms with van der Waals surface area (Å²) in [6.45, 7) is 6.98. The number of unbranched alkanes of at least 4 members (excludes halogenated alkanes) is 1. The monoisotopic (exact) mass is 723 g/mol. The van der Waals surface area contributed by atoms with E-state index in [1.54, 1.807) is 35.6 Å². The average Bonchev–Trinajstić information content (AvgIpc) is 3.83. The number of nitrogens with one attached hydrogen (secondary N) is 2. The van der Waals surface area contributed by atoms with E-state index in [1.807, 2.05) is 41.8 Å². The Labute approximate surface area is 305 Å². The van der Waals surface area contributed by atoms with Gasteiger partial charge in [-0.3, -0.25) is 19.1 Å². The summed E-state index contributed by atoms with van der Waals surface area (Å²) in [5.74, 6) is 7.29. The zero-order valence-corrected chi connectivity index (χ0v) is 30.1. The predicted molar refractivity (Wildman–Crippen MR) is 198 cm³/mol. The van der Waals surface area contributed by atoms with Gasteiger partial charge >= 0.3 is 0 Å². The molecule has 13 heteroatoms. The second kappa shape index (κ2) is 15.9. The Morgan fingerprint density at radius 3 is 2.51 bits per heavy atom. The van der Waals surface area contributed by atoms with E-state index in [9.17, 15) is 14.7 Å². The topological polar surface area (TPSA) is 161 Å². The molecule has 2 amide bonds. The Hall–Kier alpha value is -5.06. The molecule has 1 atom stereocenters. The Morgan fingerprint density at radius 2 is 1.76 bits per heavy atom. The van der Waals surface area contributed by atoms with E-state index in [0.717, 1.165) is 38.8 Å². The van der Waals surface area contributed by atoms with Gasteiger partial charge in [0.2, 0.25) is 5.91 Å². The summed E-state index contributed by atoms with van der Waals surface area (Å²) in [7, 11) is 0. The SMILES string of the molecule is Cc1sc2c(c1C)C(c1ccc(Cl)cc1)=N[C@@H](CC(=O)NCCCCNC(=O)c1ccc(-c3ccc(C#CCN)c(CO)c3)o1)c1nnc(C)n1-2. The summed E-state index contributed by atoms with van der Waals surface area (Å²) in [6.07, 6.45) is 1.41. The van der Waals surface area contributed by atoms with Gasteiger partial charge in [0.25, 0.3) is 5.91 Å². The number of hydrogen-bond acceptors (Lipinski definition) is 9. The molecule has 262 valence electrons. The molecule has 0 saturated heterocycles. The molecular weight excluding hydrogens is 686 g/mol. The molecule has 6 rings (SSSR count). The van der Waals surface area contributed by atoms with Gasteiger partial charge in [0.05, 0.1) is 25.3 Å². The molecule has 1 aliphatic heterocycles. The number of aliphatic hydroxyl groups is 1. The van der Waals surface area contributed by atoms with Crippen LogP contribution in [-0.2, 0) is 11.4 Å². The fourth-order valence-corrected chi connectivity index (χ4v) is 7.25. The van der Waals surface area contributed by atoms with Crippen molar-refractivity contribution in [2.24, 2.45) is 10.7 Å². The number of thiophene rings is 1. The number of fused-ring (bicyclic) bond motifs is 3. The first-order valence-corrected chi connectivity index (χ1v) is 17.8. The van der Waals surface area contributed by atoms with Crippen molar-refractivity contribution in [3.05, 3.63) is 110 Å². The summed E-state index contributed by atoms with van der Waals surface area (Å²) in [6, 6.07) is 15.8. The first-order valence-electron chi connectivity index (χ1n) is 16.6. The molecule has 0 bridgehead atoms. The molecule has 51 heavy (non-hydrogen) atoms. The molecule has 0 fully saturated rings. The van der Waals surface area contributed by atoms with Crippen LogP contribution in [0.15, 0.2) is 64.0 Å². The van der Waals surface area contributed by atoms with E-state index in [0.29, 0.717) is 53.7 Å². The van der Waals surface area contributed by atoms with Crippen molar-refractivity contribution >= 4 is 40.5 Å². The smallest absolute Gasteiger partial charge is 0.287 e. The van der Waals surface area contributed by atoms with Gasteiger partial charge < -0.3 is 25.9 Å². The minimum atomic E-state index is -0.549. The Balaban J connectivity index is 1.04. The Kier molecular flexibility index (Phi) is 11.1. The van der Waals surface area contributed by atoms with Gasteiger partial charge in [-0.05, 0) is 87.2 Å². The molecule has 5 N–H and O–H groups in total. The quantitative estimate of drug-likeness (QED) is 0.102. The molecule has 0 unspecified atom stereocenters. The number of rotatable bonds is 11. The van der Waals surface area contributed by atoms with E-state index in [4.69, 9.17) is 26.7 Å². The lowest BCUT2D eigenvalue weighted by atomic mass is 9.99. The average molecular weight is 724 g/mol. The third-order valence-electron chi connectivity index (χ3n) is 8.66. The van der Waals surface area contributed by atoms with Crippen LogP contribution in [0.5, 0.6) is 0 Å². The van der Waals surface area contributed by atoms with Crippen LogP contribution in [0.2, 0.25) is 5.02 Å². The number of hydrogen-bond donors (Lipinski definition) is 4. The fraction of sp³-hybridized carbons (Fsp3) is 0.289. The summed E-state index contributed by atoms with van der Waals surface area (Å²) in [5.41, 5.74) is 11.4. The van der Waals surface area contributed by atoms with E-state index in [1.165, 1.54) is 4.88 Å². The standard InChI is InChI=1S/C38H38ClN7O4S/c1-22-23(2)51-38-34(22)35(26-10-12-29(39)13-11-26)43-30(36-45-44-24(3)46(36)38)20-33(48)41-17-4-5-18-42-37(49)32-15-14-31(50-32)27-9-8-25(7-6-16-40)28(19-27)21-47/h8-15,19,30,47H,4-5,16-18,20-21,40H2,1-3H3,(H,41,48)(H,42,49)/t30-/m0/s1. The fourth-order valence-electron chi connectivity index (χ4n) is 5.91. The maximum absolute atomic E-state index is 13.3. The lowest BCUT2D eigenvalue weighted by Crippen LogP contribution is -2.28. The highest BCUT2D eigenvalue weighted by Gasteiger charge is 2.32. The maximum Gasteiger partial charge on any atom is 0.287 e. The number of carbonyl (C=O) groups is 2. The van der Waals surface area contributed by atoms with E-state index < -0.39 is 6.04 Å². The lowest BCUT2D eigenvalue weighted by Gasteiger charge is -2.13. The molecule has 0 radical (unpaired) electrons. The van der Waals surface area contributed by atoms with Crippen LogP contribution in [0.25, 0.3) is 16.3 Å². The minimum Gasteiger partial charge on any atom is -0.451 e. The second-order valence-electron chi connectivity index (χ2n) is 12.1. The number of furan rings is 1. The largest absolute Gasteiger partial charge is 0.451 e. The van der Waals surface area contributed by atoms with Gasteiger partial charge in [-0.15, -0.1) is 21.5 Å². The third-order valence-corrected chi connectivity index (χ3v) is 10.1. The number of aryl methyl sites for hydroxylation is 2. The number of carbonyl (C=O) groups excluding carboxylic acids is 2. The van der Waals surface area contributed by atoms with Crippen LogP contribution in [0.3, 0.4) is 0 Å². The highest BCUT2D eigenvalue weighted by Crippen LogP contribution is 2.39. The van der Waals surface area contributed by atoms with E-state index >= 15 is 0 Å². The van der Waals surface area contributed by atoms with Crippen LogP contribution in [0.1, 0.15) is 80.2 Å². The zero-order chi connectivity index (χ0) is 36.1. The van der Waals surface area contributed by atoms with Crippen LogP contribution >= 0.6 is 22.9 Å². The molecular formula is C38H38ClN7O4S. The minimum absolute atomic E-state index is 0.101. The van der Waals surface area contributed by atoms with Gasteiger partial charge in [-0.25, -0.2) is 0 Å². The predicted octanol–water partition coefficient (Wildman–Crippen LogP) is 5.58. The Bertz CT molecular complexity index is 2170. The van der Waals surface area contributed by atoms with Crippen LogP contribution in [-0.4, -0.2) is 57.0 Å². The third kappa shape index (κ3) is 7.82. The first kappa shape index (κ1) is 35.8. The number of nitrogens with zero attached hydrogens (tertiary/aromatic N) is 4. The lowest BCUT2D eigenvalue weighted by molar-refractivity contribution is -0.121. The maximum atomic E-state index is 13.3. The zero-order valence-electron chi connectivity index (χ0n) is 28.5. The van der Waals surface area contributed by atoms with Crippen LogP contribution < -0.4 is 16.4 Å². The van der Waals surface area contributed by atoms with Crippen molar-refractivity contribution in [2.75, 3.05) is 19.6 Å². The number of aromatic nitrogens is 3. The van der Waals surface area contributed by atoms with Gasteiger partial charge in [-0.2, -0.15) is 0 Å². The van der Waals surface area contributed by atoms with Crippen molar-refractivity contribution in [2.45, 2.75) is 52.7 Å². The van der Waals surface area contributed by atoms with Gasteiger partial charge in [0.1, 0.15) is 22.6 Å². The molecule has 2 aromatic carbocycles. The first-order chi connectivity index (χ1) is 24.7.